The number of hydrogen-bond acceptors (Lipinski definition) is 6. The molecule has 124 heavy (non-hydrogen) atoms. The van der Waals surface area contributed by atoms with E-state index in [0.29, 0.717) is 11.6 Å². The highest BCUT2D eigenvalue weighted by molar-refractivity contribution is 6.17. The first-order valence-electron chi connectivity index (χ1n) is 42.2. The monoisotopic (exact) mass is 1570 g/mol. The normalized spacial score (nSPS) is 11.5. The average Bonchev–Trinajstić information content (AvgIpc) is 0.754. The summed E-state index contributed by atoms with van der Waals surface area (Å²) in [5.41, 5.74) is 25.0. The Morgan fingerprint density at radius 3 is 0.823 bits per heavy atom. The van der Waals surface area contributed by atoms with Crippen LogP contribution in [0.2, 0.25) is 0 Å². The predicted molar refractivity (Wildman–Crippen MR) is 520 cm³/mol. The summed E-state index contributed by atoms with van der Waals surface area (Å²) in [6, 6.07) is 160. The lowest BCUT2D eigenvalue weighted by molar-refractivity contribution is 1.19. The van der Waals surface area contributed by atoms with E-state index in [4.69, 9.17) is 29.9 Å². The van der Waals surface area contributed by atoms with E-state index in [1.165, 1.54) is 53.9 Å². The Morgan fingerprint density at radius 1 is 0.121 bits per heavy atom. The summed E-state index contributed by atoms with van der Waals surface area (Å²) in [6.07, 6.45) is 0. The first-order chi connectivity index (χ1) is 61.4. The topological polar surface area (TPSA) is 77.3 Å². The molecule has 0 N–H and O–H groups in total. The van der Waals surface area contributed by atoms with Crippen molar-refractivity contribution >= 4 is 108 Å². The van der Waals surface area contributed by atoms with Gasteiger partial charge < -0.3 is 0 Å². The first-order valence-corrected chi connectivity index (χ1v) is 42.2. The van der Waals surface area contributed by atoms with Crippen LogP contribution < -0.4 is 0 Å². The van der Waals surface area contributed by atoms with E-state index in [0.717, 1.165) is 177 Å². The Morgan fingerprint density at radius 2 is 0.403 bits per heavy atom. The minimum Gasteiger partial charge on any atom is -0.248 e. The fraction of sp³-hybridized carbons (Fsp3) is 0. The van der Waals surface area contributed by atoms with E-state index in [-0.39, 0.29) is 0 Å². The molecule has 4 heterocycles. The van der Waals surface area contributed by atoms with Crippen LogP contribution in [0.25, 0.3) is 243 Å². The van der Waals surface area contributed by atoms with Crippen molar-refractivity contribution in [2.24, 2.45) is 0 Å². The molecule has 0 aliphatic heterocycles. The first kappa shape index (κ1) is 72.7. The number of pyridine rings is 2. The number of aromatic nitrogens is 6. The molecular formula is C118H74N6. The van der Waals surface area contributed by atoms with Gasteiger partial charge in [0.25, 0.3) is 0 Å². The number of rotatable bonds is 12. The van der Waals surface area contributed by atoms with Crippen molar-refractivity contribution in [2.45, 2.75) is 0 Å². The van der Waals surface area contributed by atoms with Gasteiger partial charge in [-0.05, 0) is 203 Å². The Labute approximate surface area is 716 Å². The molecule has 0 aliphatic carbocycles. The highest BCUT2D eigenvalue weighted by atomic mass is 14.9. The molecule has 4 aromatic heterocycles. The fourth-order valence-corrected chi connectivity index (χ4v) is 18.5. The molecule has 0 saturated carbocycles. The largest absolute Gasteiger partial charge is 0.248 e. The van der Waals surface area contributed by atoms with Crippen LogP contribution in [0.4, 0.5) is 0 Å². The minimum atomic E-state index is 0.693. The molecule has 0 atom stereocenters. The van der Waals surface area contributed by atoms with Gasteiger partial charge in [-0.25, -0.2) is 29.9 Å². The maximum absolute atomic E-state index is 5.41. The lowest BCUT2D eigenvalue weighted by Crippen LogP contribution is -1.98. The maximum atomic E-state index is 5.41. The lowest BCUT2D eigenvalue weighted by Gasteiger charge is -2.16. The summed E-state index contributed by atoms with van der Waals surface area (Å²) in [4.78, 5) is 31.9. The van der Waals surface area contributed by atoms with Crippen molar-refractivity contribution in [2.75, 3.05) is 0 Å². The molecule has 24 rings (SSSR count). The van der Waals surface area contributed by atoms with Crippen molar-refractivity contribution in [3.8, 4) is 135 Å². The van der Waals surface area contributed by atoms with Gasteiger partial charge in [0.05, 0.1) is 45.2 Å². The van der Waals surface area contributed by atoms with Gasteiger partial charge in [0.15, 0.2) is 11.6 Å². The highest BCUT2D eigenvalue weighted by Crippen LogP contribution is 2.46. The molecule has 0 unspecified atom stereocenters. The maximum Gasteiger partial charge on any atom is 0.161 e. The van der Waals surface area contributed by atoms with Crippen molar-refractivity contribution in [3.05, 3.63) is 449 Å². The van der Waals surface area contributed by atoms with Gasteiger partial charge in [0.1, 0.15) is 0 Å². The second kappa shape index (κ2) is 31.0. The van der Waals surface area contributed by atoms with Crippen molar-refractivity contribution < 1.29 is 0 Å². The molecule has 24 aromatic rings. The highest BCUT2D eigenvalue weighted by Gasteiger charge is 2.23. The van der Waals surface area contributed by atoms with Crippen LogP contribution in [-0.4, -0.2) is 29.9 Å². The zero-order chi connectivity index (χ0) is 82.0. The van der Waals surface area contributed by atoms with Crippen molar-refractivity contribution in [1.29, 1.82) is 0 Å². The number of hydrogen-bond donors (Lipinski definition) is 0. The SMILES string of the molecule is c1ccc(-c2cc(-c3cccc(-c4ccc(-c5nc(-c6ccc7ccccc7c6)cc(-c6ccc7ccccc7c6)n5)c5ccccc45)c3)c3c(ccc4ccccc43)n2)cc1.c1ccc(-c2cc(-c3cccc(-c4ccc(-c5nc(-c6cccc7ccccc67)cc(-c6cccc7ccccc67)n5)c5ccccc45)c3)c3c(ccc4ccccc43)n2)cc1. The molecular weight excluding hydrogens is 1500 g/mol. The van der Waals surface area contributed by atoms with Crippen LogP contribution in [0.3, 0.4) is 0 Å². The Bertz CT molecular complexity index is 8180. The van der Waals surface area contributed by atoms with Crippen LogP contribution >= 0.6 is 0 Å². The Balaban J connectivity index is 0.000000143. The fourth-order valence-electron chi connectivity index (χ4n) is 18.5. The summed E-state index contributed by atoms with van der Waals surface area (Å²) in [6.45, 7) is 0. The zero-order valence-corrected chi connectivity index (χ0v) is 67.4. The molecule has 0 fully saturated rings. The molecule has 20 aromatic carbocycles. The summed E-state index contributed by atoms with van der Waals surface area (Å²) >= 11 is 0. The standard InChI is InChI=1S/2C59H37N3/c1-2-18-41(19-3-1)55-36-53(58-47-26-9-6-17-40(47)31-34-54(58)60-55)43-23-12-22-42(35-43)46-32-33-52(49-28-11-10-27-48(46)49)59-61-56(50-29-13-20-38-15-4-7-24-44(38)50)37-57(62-59)51-30-14-21-39-16-5-8-25-45(39)51;1-2-16-41(17-3-1)55-36-53(58-49-22-9-8-15-40(49)29-32-54(58)60-55)45-21-12-20-44(35-45)48-30-31-52(51-24-11-10-23-50(48)51)59-61-56(46-27-25-38-13-4-6-18-42(38)33-46)37-57(62-59)47-28-26-39-14-5-7-19-43(39)34-47/h2*1-37H. The molecule has 0 spiro atoms. The van der Waals surface area contributed by atoms with Crippen molar-refractivity contribution in [3.63, 3.8) is 0 Å². The van der Waals surface area contributed by atoms with Crippen molar-refractivity contribution in [1.82, 2.24) is 29.9 Å². The van der Waals surface area contributed by atoms with Gasteiger partial charge in [0, 0.05) is 55.3 Å². The molecule has 576 valence electrons. The quantitative estimate of drug-likeness (QED) is 0.113. The van der Waals surface area contributed by atoms with Crippen LogP contribution in [0.5, 0.6) is 0 Å². The van der Waals surface area contributed by atoms with Gasteiger partial charge in [-0.2, -0.15) is 0 Å². The zero-order valence-electron chi connectivity index (χ0n) is 67.4. The lowest BCUT2D eigenvalue weighted by atomic mass is 9.90. The minimum absolute atomic E-state index is 0.693. The van der Waals surface area contributed by atoms with Gasteiger partial charge in [0.2, 0.25) is 0 Å². The summed E-state index contributed by atoms with van der Waals surface area (Å²) in [5, 5.41) is 21.0. The van der Waals surface area contributed by atoms with Crippen LogP contribution in [0, 0.1) is 0 Å². The summed E-state index contributed by atoms with van der Waals surface area (Å²) < 4.78 is 0. The van der Waals surface area contributed by atoms with Gasteiger partial charge in [-0.15, -0.1) is 0 Å². The van der Waals surface area contributed by atoms with E-state index in [1.807, 2.05) is 0 Å². The van der Waals surface area contributed by atoms with E-state index in [2.05, 4.69) is 449 Å². The molecule has 0 aliphatic rings. The Kier molecular flexibility index (Phi) is 18.2. The van der Waals surface area contributed by atoms with E-state index < -0.39 is 0 Å². The second-order valence-electron chi connectivity index (χ2n) is 31.9. The van der Waals surface area contributed by atoms with Crippen LogP contribution in [-0.2, 0) is 0 Å². The summed E-state index contributed by atoms with van der Waals surface area (Å²) in [5.74, 6) is 1.39. The number of fused-ring (bicyclic) bond motifs is 12. The van der Waals surface area contributed by atoms with E-state index >= 15 is 0 Å². The molecule has 6 heteroatoms. The molecule has 0 bridgehead atoms. The third-order valence-corrected chi connectivity index (χ3v) is 24.5. The number of nitrogens with zero attached hydrogens (tertiary/aromatic N) is 6. The van der Waals surface area contributed by atoms with Gasteiger partial charge >= 0.3 is 0 Å². The van der Waals surface area contributed by atoms with Gasteiger partial charge in [-0.3, -0.25) is 0 Å². The third kappa shape index (κ3) is 13.4. The average molecular weight is 1580 g/mol. The predicted octanol–water partition coefficient (Wildman–Crippen LogP) is 31.3. The molecule has 0 radical (unpaired) electrons. The summed E-state index contributed by atoms with van der Waals surface area (Å²) in [7, 11) is 0. The van der Waals surface area contributed by atoms with Crippen LogP contribution in [0.1, 0.15) is 0 Å². The Hall–Kier alpha value is -16.5. The number of benzene rings is 20. The van der Waals surface area contributed by atoms with E-state index in [1.54, 1.807) is 0 Å². The second-order valence-corrected chi connectivity index (χ2v) is 31.9. The third-order valence-electron chi connectivity index (χ3n) is 24.5. The smallest absolute Gasteiger partial charge is 0.161 e. The molecule has 0 amide bonds. The van der Waals surface area contributed by atoms with E-state index in [9.17, 15) is 0 Å². The molecule has 6 nitrogen and oxygen atoms in total. The van der Waals surface area contributed by atoms with Gasteiger partial charge in [-0.1, -0.05) is 376 Å². The van der Waals surface area contributed by atoms with Crippen LogP contribution in [0.15, 0.2) is 449 Å². The molecule has 0 saturated heterocycles.